The Morgan fingerprint density at radius 1 is 0.864 bits per heavy atom. The van der Waals surface area contributed by atoms with E-state index >= 15 is 0 Å². The summed E-state index contributed by atoms with van der Waals surface area (Å²) in [5, 5.41) is 3.95. The molecule has 22 heavy (non-hydrogen) atoms. The fourth-order valence-electron chi connectivity index (χ4n) is 1.63. The van der Waals surface area contributed by atoms with Crippen molar-refractivity contribution >= 4 is 18.0 Å². The Morgan fingerprint density at radius 2 is 1.50 bits per heavy atom. The third kappa shape index (κ3) is 4.45. The maximum Gasteiger partial charge on any atom is 0.420 e. The van der Waals surface area contributed by atoms with E-state index < -0.39 is 18.0 Å². The van der Waals surface area contributed by atoms with Crippen LogP contribution >= 0.6 is 0 Å². The largest absolute Gasteiger partial charge is 0.420 e. The first kappa shape index (κ1) is 15.2. The van der Waals surface area contributed by atoms with Crippen LogP contribution in [0, 0.1) is 6.92 Å². The van der Waals surface area contributed by atoms with Gasteiger partial charge in [0.2, 0.25) is 0 Å². The number of benzene rings is 2. The molecule has 0 aliphatic carbocycles. The van der Waals surface area contributed by atoms with Crippen molar-refractivity contribution in [2.45, 2.75) is 6.92 Å². The zero-order valence-corrected chi connectivity index (χ0v) is 11.8. The number of ether oxygens (including phenoxy) is 1. The maximum atomic E-state index is 11.8. The Morgan fingerprint density at radius 3 is 2.14 bits per heavy atom. The number of rotatable bonds is 2. The number of carbonyl (C=O) groups excluding carboxylic acids is 3. The summed E-state index contributed by atoms with van der Waals surface area (Å²) in [7, 11) is 0. The number of hydrogen-bond acceptors (Lipinski definition) is 4. The molecule has 0 spiro atoms. The van der Waals surface area contributed by atoms with Crippen molar-refractivity contribution in [2.24, 2.45) is 0 Å². The summed E-state index contributed by atoms with van der Waals surface area (Å²) in [6.45, 7) is 1.88. The Kier molecular flexibility index (Phi) is 4.87. The van der Waals surface area contributed by atoms with Gasteiger partial charge in [0.15, 0.2) is 0 Å². The molecule has 2 N–H and O–H groups in total. The number of carbonyl (C=O) groups is 3. The molecule has 0 atom stereocenters. The highest BCUT2D eigenvalue weighted by atomic mass is 16.6. The number of hydrogen-bond donors (Lipinski definition) is 2. The van der Waals surface area contributed by atoms with Gasteiger partial charge in [-0.05, 0) is 31.2 Å². The zero-order chi connectivity index (χ0) is 15.9. The lowest BCUT2D eigenvalue weighted by atomic mass is 10.1. The van der Waals surface area contributed by atoms with Crippen molar-refractivity contribution in [3.63, 3.8) is 0 Å². The number of aryl methyl sites for hydroxylation is 1. The summed E-state index contributed by atoms with van der Waals surface area (Å²) in [6.07, 6.45) is -0.972. The van der Waals surface area contributed by atoms with E-state index in [2.05, 4.69) is 0 Å². The maximum absolute atomic E-state index is 11.8. The van der Waals surface area contributed by atoms with Crippen LogP contribution in [0.5, 0.6) is 5.75 Å². The summed E-state index contributed by atoms with van der Waals surface area (Å²) < 4.78 is 4.87. The minimum atomic E-state index is -0.972. The van der Waals surface area contributed by atoms with Gasteiger partial charge in [-0.25, -0.2) is 14.9 Å². The predicted octanol–water partition coefficient (Wildman–Crippen LogP) is 2.63. The standard InChI is InChI=1S/C16H14N2O4/c1-11-7-9-12(10-8-11)14(19)17-15(20)18-16(21)22-13-5-3-2-4-6-13/h2-10H,1H3,(H2,17,18,19,20,21). The highest BCUT2D eigenvalue weighted by Gasteiger charge is 2.13. The molecule has 0 saturated heterocycles. The SMILES string of the molecule is Cc1ccc(C(=O)NC(=O)NC(=O)Oc2ccccc2)cc1. The molecular formula is C16H14N2O4. The number of amides is 4. The molecule has 0 aliphatic rings. The highest BCUT2D eigenvalue weighted by Crippen LogP contribution is 2.08. The van der Waals surface area contributed by atoms with E-state index in [4.69, 9.17) is 4.74 Å². The second-order valence-electron chi connectivity index (χ2n) is 4.48. The molecule has 0 saturated carbocycles. The summed E-state index contributed by atoms with van der Waals surface area (Å²) in [5.74, 6) is -0.317. The third-order valence-electron chi connectivity index (χ3n) is 2.71. The van der Waals surface area contributed by atoms with E-state index in [0.717, 1.165) is 5.56 Å². The summed E-state index contributed by atoms with van der Waals surface area (Å²) in [5.41, 5.74) is 1.31. The van der Waals surface area contributed by atoms with Gasteiger partial charge in [0, 0.05) is 5.56 Å². The first-order valence-corrected chi connectivity index (χ1v) is 6.50. The lowest BCUT2D eigenvalue weighted by Gasteiger charge is -2.07. The van der Waals surface area contributed by atoms with Gasteiger partial charge in [-0.2, -0.15) is 0 Å². The van der Waals surface area contributed by atoms with Crippen LogP contribution in [0.3, 0.4) is 0 Å². The van der Waals surface area contributed by atoms with Crippen LogP contribution in [-0.4, -0.2) is 18.0 Å². The number of nitrogens with one attached hydrogen (secondary N) is 2. The molecule has 0 radical (unpaired) electrons. The van der Waals surface area contributed by atoms with Gasteiger partial charge in [-0.3, -0.25) is 10.1 Å². The van der Waals surface area contributed by atoms with Crippen LogP contribution in [0.15, 0.2) is 54.6 Å². The lowest BCUT2D eigenvalue weighted by Crippen LogP contribution is -2.43. The van der Waals surface area contributed by atoms with Gasteiger partial charge in [0.05, 0.1) is 0 Å². The molecule has 0 heterocycles. The molecule has 2 aromatic rings. The van der Waals surface area contributed by atoms with Gasteiger partial charge >= 0.3 is 12.1 Å². The fraction of sp³-hybridized carbons (Fsp3) is 0.0625. The minimum absolute atomic E-state index is 0.290. The van der Waals surface area contributed by atoms with Gasteiger partial charge < -0.3 is 4.74 Å². The average molecular weight is 298 g/mol. The van der Waals surface area contributed by atoms with E-state index in [1.54, 1.807) is 54.6 Å². The first-order chi connectivity index (χ1) is 10.5. The Balaban J connectivity index is 1.86. The molecule has 0 aliphatic heterocycles. The van der Waals surface area contributed by atoms with Crippen molar-refractivity contribution < 1.29 is 19.1 Å². The van der Waals surface area contributed by atoms with Crippen molar-refractivity contribution in [1.29, 1.82) is 0 Å². The molecule has 6 nitrogen and oxygen atoms in total. The lowest BCUT2D eigenvalue weighted by molar-refractivity contribution is 0.0964. The number of imide groups is 2. The monoisotopic (exact) mass is 298 g/mol. The summed E-state index contributed by atoms with van der Waals surface area (Å²) in [6, 6.07) is 14.0. The van der Waals surface area contributed by atoms with Crippen LogP contribution < -0.4 is 15.4 Å². The molecule has 112 valence electrons. The van der Waals surface area contributed by atoms with Gasteiger partial charge in [-0.15, -0.1) is 0 Å². The van der Waals surface area contributed by atoms with Crippen LogP contribution in [-0.2, 0) is 0 Å². The molecule has 4 amide bonds. The molecule has 6 heteroatoms. The molecule has 2 rings (SSSR count). The van der Waals surface area contributed by atoms with E-state index in [1.165, 1.54) is 0 Å². The number of urea groups is 1. The van der Waals surface area contributed by atoms with Crippen molar-refractivity contribution in [3.05, 3.63) is 65.7 Å². The van der Waals surface area contributed by atoms with Crippen LogP contribution in [0.2, 0.25) is 0 Å². The average Bonchev–Trinajstić information content (AvgIpc) is 2.48. The van der Waals surface area contributed by atoms with E-state index in [-0.39, 0.29) is 5.75 Å². The smallest absolute Gasteiger partial charge is 0.410 e. The van der Waals surface area contributed by atoms with Gasteiger partial charge in [0.25, 0.3) is 5.91 Å². The molecular weight excluding hydrogens is 284 g/mol. The van der Waals surface area contributed by atoms with Gasteiger partial charge in [-0.1, -0.05) is 35.9 Å². The topological polar surface area (TPSA) is 84.5 Å². The van der Waals surface area contributed by atoms with Gasteiger partial charge in [0.1, 0.15) is 5.75 Å². The quantitative estimate of drug-likeness (QED) is 0.892. The second kappa shape index (κ2) is 7.03. The molecule has 2 aromatic carbocycles. The van der Waals surface area contributed by atoms with Crippen molar-refractivity contribution in [3.8, 4) is 5.75 Å². The van der Waals surface area contributed by atoms with E-state index in [9.17, 15) is 14.4 Å². The summed E-state index contributed by atoms with van der Waals surface area (Å²) in [4.78, 5) is 34.8. The Hall–Kier alpha value is -3.15. The minimum Gasteiger partial charge on any atom is -0.410 e. The normalized spacial score (nSPS) is 9.68. The van der Waals surface area contributed by atoms with Crippen molar-refractivity contribution in [2.75, 3.05) is 0 Å². The van der Waals surface area contributed by atoms with Crippen LogP contribution in [0.25, 0.3) is 0 Å². The second-order valence-corrected chi connectivity index (χ2v) is 4.48. The fourth-order valence-corrected chi connectivity index (χ4v) is 1.63. The van der Waals surface area contributed by atoms with Crippen LogP contribution in [0.4, 0.5) is 9.59 Å². The molecule has 0 aromatic heterocycles. The Bertz CT molecular complexity index is 681. The zero-order valence-electron chi connectivity index (χ0n) is 11.8. The van der Waals surface area contributed by atoms with Crippen molar-refractivity contribution in [1.82, 2.24) is 10.6 Å². The van der Waals surface area contributed by atoms with Crippen LogP contribution in [0.1, 0.15) is 15.9 Å². The molecule has 0 bridgehead atoms. The molecule has 0 fully saturated rings. The third-order valence-corrected chi connectivity index (χ3v) is 2.71. The van der Waals surface area contributed by atoms with E-state index in [0.29, 0.717) is 5.56 Å². The first-order valence-electron chi connectivity index (χ1n) is 6.50. The Labute approximate surface area is 127 Å². The highest BCUT2D eigenvalue weighted by molar-refractivity contribution is 6.07. The number of para-hydroxylation sites is 1. The molecule has 0 unspecified atom stereocenters. The van der Waals surface area contributed by atoms with E-state index in [1.807, 2.05) is 17.6 Å². The predicted molar refractivity (Wildman–Crippen MR) is 79.6 cm³/mol. The summed E-state index contributed by atoms with van der Waals surface area (Å²) >= 11 is 0.